The molecule has 14 nitrogen and oxygen atoms in total. The molecule has 2 heterocycles. The Morgan fingerprint density at radius 2 is 1.67 bits per heavy atom. The van der Waals surface area contributed by atoms with Crippen LogP contribution in [0.3, 0.4) is 0 Å². The minimum absolute atomic E-state index is 0.157. The van der Waals surface area contributed by atoms with Crippen LogP contribution < -0.4 is 16.4 Å². The molecule has 4 N–H and O–H groups in total. The van der Waals surface area contributed by atoms with Gasteiger partial charge in [0.05, 0.1) is 18.1 Å². The van der Waals surface area contributed by atoms with E-state index < -0.39 is 33.9 Å². The molecule has 16 heteroatoms. The van der Waals surface area contributed by atoms with Gasteiger partial charge in [0.1, 0.15) is 0 Å². The average Bonchev–Trinajstić information content (AvgIpc) is 3.41. The first-order chi connectivity index (χ1) is 18.2. The van der Waals surface area contributed by atoms with Crippen LogP contribution in [0.1, 0.15) is 27.2 Å². The first kappa shape index (κ1) is 32.0. The van der Waals surface area contributed by atoms with Gasteiger partial charge in [-0.25, -0.2) is 18.5 Å². The van der Waals surface area contributed by atoms with Gasteiger partial charge >= 0.3 is 7.82 Å². The molecule has 0 saturated carbocycles. The summed E-state index contributed by atoms with van der Waals surface area (Å²) in [6.07, 6.45) is 5.02. The SMILES string of the molecule is CC(CCn1ccc(-c2ccc(-n3nccn3)cc2)cc1=O)(C(=O)NOP(=O)(O)O)S(C)(=O)=O.CCNCC. The van der Waals surface area contributed by atoms with Gasteiger partial charge in [-0.3, -0.25) is 9.59 Å². The summed E-state index contributed by atoms with van der Waals surface area (Å²) in [6.45, 7) is 7.31. The van der Waals surface area contributed by atoms with Crippen LogP contribution in [0.2, 0.25) is 0 Å². The average molecular weight is 585 g/mol. The fourth-order valence-corrected chi connectivity index (χ4v) is 4.31. The lowest BCUT2D eigenvalue weighted by molar-refractivity contribution is -0.131. The topological polar surface area (TPSA) is 195 Å². The van der Waals surface area contributed by atoms with Crippen molar-refractivity contribution in [3.8, 4) is 16.8 Å². The molecule has 1 amide bonds. The number of hydrogen-bond acceptors (Lipinski definition) is 9. The largest absolute Gasteiger partial charge is 0.491 e. The number of carbonyl (C=O) groups excluding carboxylic acids is 1. The van der Waals surface area contributed by atoms with E-state index in [9.17, 15) is 22.6 Å². The summed E-state index contributed by atoms with van der Waals surface area (Å²) in [5, 5.41) is 11.2. The lowest BCUT2D eigenvalue weighted by atomic mass is 10.1. The summed E-state index contributed by atoms with van der Waals surface area (Å²) in [6, 6.07) is 10.2. The van der Waals surface area contributed by atoms with Crippen LogP contribution in [0, 0.1) is 0 Å². The molecular weight excluding hydrogens is 551 g/mol. The van der Waals surface area contributed by atoms with E-state index in [-0.39, 0.29) is 13.0 Å². The number of amides is 1. The van der Waals surface area contributed by atoms with Gasteiger partial charge in [-0.1, -0.05) is 26.0 Å². The monoisotopic (exact) mass is 584 g/mol. The van der Waals surface area contributed by atoms with Crippen molar-refractivity contribution in [3.63, 3.8) is 0 Å². The predicted molar refractivity (Wildman–Crippen MR) is 144 cm³/mol. The maximum absolute atomic E-state index is 12.6. The molecule has 2 aromatic heterocycles. The number of aryl methyl sites for hydroxylation is 1. The zero-order chi connectivity index (χ0) is 29.3. The second-order valence-corrected chi connectivity index (χ2v) is 12.1. The molecule has 1 unspecified atom stereocenters. The maximum Gasteiger partial charge on any atom is 0.491 e. The van der Waals surface area contributed by atoms with Crippen molar-refractivity contribution >= 4 is 23.6 Å². The van der Waals surface area contributed by atoms with Crippen molar-refractivity contribution in [2.75, 3.05) is 19.3 Å². The van der Waals surface area contributed by atoms with E-state index >= 15 is 0 Å². The van der Waals surface area contributed by atoms with Gasteiger partial charge in [-0.05, 0) is 55.8 Å². The Labute approximate surface area is 226 Å². The van der Waals surface area contributed by atoms with Crippen molar-refractivity contribution in [2.45, 2.75) is 38.5 Å². The molecule has 0 bridgehead atoms. The third-order valence-corrected chi connectivity index (χ3v) is 8.09. The number of rotatable bonds is 11. The number of hydroxylamine groups is 1. The van der Waals surface area contributed by atoms with Crippen molar-refractivity contribution in [1.82, 2.24) is 30.4 Å². The fourth-order valence-electron chi connectivity index (χ4n) is 3.27. The molecule has 0 radical (unpaired) electrons. The molecule has 0 aliphatic rings. The van der Waals surface area contributed by atoms with Gasteiger partial charge in [-0.2, -0.15) is 19.6 Å². The Kier molecular flexibility index (Phi) is 11.3. The van der Waals surface area contributed by atoms with Crippen LogP contribution >= 0.6 is 7.82 Å². The molecule has 0 aliphatic heterocycles. The summed E-state index contributed by atoms with van der Waals surface area (Å²) in [7, 11) is -9.13. The van der Waals surface area contributed by atoms with Gasteiger partial charge in [0.15, 0.2) is 14.6 Å². The molecule has 0 fully saturated rings. The summed E-state index contributed by atoms with van der Waals surface area (Å²) >= 11 is 0. The van der Waals surface area contributed by atoms with Crippen LogP contribution in [-0.4, -0.2) is 67.8 Å². The Bertz CT molecular complexity index is 1440. The normalized spacial score (nSPS) is 13.2. The predicted octanol–water partition coefficient (Wildman–Crippen LogP) is 1.05. The van der Waals surface area contributed by atoms with Gasteiger partial charge in [-0.15, -0.1) is 0 Å². The molecule has 1 aromatic carbocycles. The van der Waals surface area contributed by atoms with E-state index in [0.29, 0.717) is 5.56 Å². The smallest absolute Gasteiger partial charge is 0.317 e. The minimum atomic E-state index is -5.07. The number of benzene rings is 1. The van der Waals surface area contributed by atoms with Crippen molar-refractivity contribution in [2.24, 2.45) is 0 Å². The van der Waals surface area contributed by atoms with E-state index in [4.69, 9.17) is 9.79 Å². The molecule has 0 aliphatic carbocycles. The number of phosphoric acid groups is 1. The van der Waals surface area contributed by atoms with Gasteiger partial charge in [0.2, 0.25) is 0 Å². The molecule has 3 rings (SSSR count). The Balaban J connectivity index is 0.000000976. The zero-order valence-corrected chi connectivity index (χ0v) is 23.7. The number of aromatic nitrogens is 4. The van der Waals surface area contributed by atoms with Crippen molar-refractivity contribution < 1.29 is 32.2 Å². The molecule has 39 heavy (non-hydrogen) atoms. The molecule has 214 valence electrons. The van der Waals surface area contributed by atoms with E-state index in [1.165, 1.54) is 27.1 Å². The first-order valence-electron chi connectivity index (χ1n) is 11.8. The van der Waals surface area contributed by atoms with Crippen LogP contribution in [0.4, 0.5) is 0 Å². The highest BCUT2D eigenvalue weighted by Crippen LogP contribution is 2.34. The van der Waals surface area contributed by atoms with Crippen molar-refractivity contribution in [1.29, 1.82) is 0 Å². The van der Waals surface area contributed by atoms with Gasteiger partial charge in [0.25, 0.3) is 11.5 Å². The van der Waals surface area contributed by atoms with Crippen LogP contribution in [0.15, 0.2) is 59.8 Å². The quantitative estimate of drug-likeness (QED) is 0.186. The third kappa shape index (κ3) is 9.20. The number of sulfone groups is 1. The highest BCUT2D eigenvalue weighted by atomic mass is 32.2. The number of nitrogens with zero attached hydrogens (tertiary/aromatic N) is 4. The van der Waals surface area contributed by atoms with E-state index in [1.807, 2.05) is 0 Å². The van der Waals surface area contributed by atoms with E-state index in [0.717, 1.165) is 37.5 Å². The lowest BCUT2D eigenvalue weighted by Gasteiger charge is -2.26. The molecule has 1 atom stereocenters. The molecule has 3 aromatic rings. The summed E-state index contributed by atoms with van der Waals surface area (Å²) in [5.41, 5.74) is 3.18. The van der Waals surface area contributed by atoms with E-state index in [1.54, 1.807) is 42.7 Å². The highest BCUT2D eigenvalue weighted by molar-refractivity contribution is 7.92. The van der Waals surface area contributed by atoms with Crippen molar-refractivity contribution in [3.05, 3.63) is 65.3 Å². The lowest BCUT2D eigenvalue weighted by Crippen LogP contribution is -2.50. The Hall–Kier alpha value is -3.20. The number of pyridine rings is 1. The molecule has 0 saturated heterocycles. The summed E-state index contributed by atoms with van der Waals surface area (Å²) in [5.74, 6) is -1.27. The van der Waals surface area contributed by atoms with Crippen LogP contribution in [-0.2, 0) is 30.4 Å². The highest BCUT2D eigenvalue weighted by Gasteiger charge is 2.44. The van der Waals surface area contributed by atoms with Crippen LogP contribution in [0.5, 0.6) is 0 Å². The summed E-state index contributed by atoms with van der Waals surface area (Å²) in [4.78, 5) is 43.9. The number of nitrogens with one attached hydrogen (secondary N) is 2. The third-order valence-electron chi connectivity index (χ3n) is 5.73. The second-order valence-electron chi connectivity index (χ2n) is 8.54. The fraction of sp³-hybridized carbons (Fsp3) is 0.391. The standard InChI is InChI=1S/C19H22N5O8PS.C4H11N/c1-19(34(2,30)31,18(26)22-32-33(27,28)29)8-12-23-11-7-15(13-17(23)25)14-3-5-16(6-4-14)24-20-9-10-21-24;1-3-5-4-2/h3-7,9-11,13H,8,12H2,1-2H3,(H,22,26)(H2,27,28,29);5H,3-4H2,1-2H3. The minimum Gasteiger partial charge on any atom is -0.317 e. The summed E-state index contributed by atoms with van der Waals surface area (Å²) < 4.78 is 38.4. The van der Waals surface area contributed by atoms with Gasteiger partial charge in [0, 0.05) is 25.1 Å². The zero-order valence-electron chi connectivity index (χ0n) is 22.0. The van der Waals surface area contributed by atoms with Crippen LogP contribution in [0.25, 0.3) is 16.8 Å². The maximum atomic E-state index is 12.6. The molecule has 0 spiro atoms. The Morgan fingerprint density at radius 3 is 2.13 bits per heavy atom. The Morgan fingerprint density at radius 1 is 1.08 bits per heavy atom. The second kappa shape index (κ2) is 13.7. The first-order valence-corrected chi connectivity index (χ1v) is 15.3. The number of carbonyl (C=O) groups is 1. The van der Waals surface area contributed by atoms with Gasteiger partial charge < -0.3 is 19.7 Å². The molecular formula is C23H33N6O8PS. The number of hydrogen-bond donors (Lipinski definition) is 4. The van der Waals surface area contributed by atoms with E-state index in [2.05, 4.69) is 34.0 Å².